The van der Waals surface area contributed by atoms with Gasteiger partial charge in [-0.1, -0.05) is 17.7 Å². The van der Waals surface area contributed by atoms with Gasteiger partial charge in [0.15, 0.2) is 5.96 Å². The zero-order valence-electron chi connectivity index (χ0n) is 18.2. The lowest BCUT2D eigenvalue weighted by Crippen LogP contribution is -2.60. The number of hydrogen-bond acceptors (Lipinski definition) is 6. The molecule has 2 aliphatic rings. The Hall–Kier alpha value is -1.30. The predicted octanol–water partition coefficient (Wildman–Crippen LogP) is 3.14. The van der Waals surface area contributed by atoms with Crippen LogP contribution < -0.4 is 10.6 Å². The van der Waals surface area contributed by atoms with E-state index < -0.39 is 0 Å². The lowest BCUT2D eigenvalue weighted by molar-refractivity contribution is -0.0120. The highest BCUT2D eigenvalue weighted by atomic mass is 127. The first kappa shape index (κ1) is 24.3. The third-order valence-corrected chi connectivity index (χ3v) is 7.09. The van der Waals surface area contributed by atoms with Gasteiger partial charge in [0.1, 0.15) is 6.26 Å². The van der Waals surface area contributed by atoms with Crippen molar-refractivity contribution in [2.75, 3.05) is 51.4 Å². The minimum Gasteiger partial charge on any atom is -0.444 e. The summed E-state index contributed by atoms with van der Waals surface area (Å²) < 4.78 is 11.2. The Balaban J connectivity index is 0.00000272. The molecule has 1 atom stereocenters. The number of aromatic nitrogens is 1. The molecule has 2 aliphatic heterocycles. The number of aliphatic imine (C=N–C) groups is 1. The molecule has 1 aromatic heterocycles. The van der Waals surface area contributed by atoms with Crippen LogP contribution in [0.25, 0.3) is 11.5 Å². The second-order valence-corrected chi connectivity index (χ2v) is 9.02. The number of oxazole rings is 1. The number of ether oxygens (including phenoxy) is 1. The molecule has 2 fully saturated rings. The number of guanidine groups is 1. The molecule has 0 radical (unpaired) electrons. The van der Waals surface area contributed by atoms with E-state index in [2.05, 4.69) is 44.6 Å². The van der Waals surface area contributed by atoms with E-state index in [0.717, 1.165) is 55.8 Å². The lowest BCUT2D eigenvalue weighted by Gasteiger charge is -2.43. The van der Waals surface area contributed by atoms with E-state index in [-0.39, 0.29) is 29.5 Å². The fourth-order valence-corrected chi connectivity index (χ4v) is 5.47. The summed E-state index contributed by atoms with van der Waals surface area (Å²) in [6.45, 7) is 7.19. The van der Waals surface area contributed by atoms with Gasteiger partial charge in [0.05, 0.1) is 25.5 Å². The standard InChI is InChI=1S/C22H31N5O2S.HI/c1-17-3-5-18(6-4-17)20-26-19(14-29-20)13-24-21(23-2)25-15-22(7-12-30-16-22)27-8-10-28-11-9-27;/h3-6,14H,7-13,15-16H2,1-2H3,(H2,23,24,25);1H. The van der Waals surface area contributed by atoms with Gasteiger partial charge in [-0.15, -0.1) is 24.0 Å². The molecule has 2 saturated heterocycles. The van der Waals surface area contributed by atoms with Gasteiger partial charge in [-0.2, -0.15) is 11.8 Å². The largest absolute Gasteiger partial charge is 0.444 e. The molecule has 170 valence electrons. The first-order valence-corrected chi connectivity index (χ1v) is 11.7. The molecule has 2 N–H and O–H groups in total. The van der Waals surface area contributed by atoms with Crippen LogP contribution in [0.5, 0.6) is 0 Å². The van der Waals surface area contributed by atoms with Gasteiger partial charge < -0.3 is 19.8 Å². The normalized spacial score (nSPS) is 22.2. The van der Waals surface area contributed by atoms with Crippen LogP contribution in [0.4, 0.5) is 0 Å². The number of aryl methyl sites for hydroxylation is 1. The van der Waals surface area contributed by atoms with Crippen LogP contribution in [0.1, 0.15) is 17.7 Å². The number of nitrogens with zero attached hydrogens (tertiary/aromatic N) is 3. The van der Waals surface area contributed by atoms with E-state index in [1.807, 2.05) is 23.9 Å². The number of hydrogen-bond donors (Lipinski definition) is 2. The van der Waals surface area contributed by atoms with Crippen molar-refractivity contribution < 1.29 is 9.15 Å². The highest BCUT2D eigenvalue weighted by molar-refractivity contribution is 14.0. The molecule has 4 rings (SSSR count). The lowest BCUT2D eigenvalue weighted by atomic mass is 9.95. The minimum absolute atomic E-state index is 0. The quantitative estimate of drug-likeness (QED) is 0.321. The molecule has 0 amide bonds. The molecule has 7 nitrogen and oxygen atoms in total. The molecule has 0 spiro atoms. The van der Waals surface area contributed by atoms with Crippen LogP contribution in [0, 0.1) is 6.92 Å². The maximum Gasteiger partial charge on any atom is 0.226 e. The van der Waals surface area contributed by atoms with Gasteiger partial charge in [0, 0.05) is 43.5 Å². The molecule has 2 aromatic rings. The zero-order chi connectivity index (χ0) is 20.8. The Morgan fingerprint density at radius 3 is 2.68 bits per heavy atom. The first-order chi connectivity index (χ1) is 14.7. The summed E-state index contributed by atoms with van der Waals surface area (Å²) in [5, 5.41) is 6.92. The third kappa shape index (κ3) is 6.15. The van der Waals surface area contributed by atoms with Crippen molar-refractivity contribution in [1.82, 2.24) is 20.5 Å². The van der Waals surface area contributed by atoms with Crippen molar-refractivity contribution in [3.05, 3.63) is 41.8 Å². The van der Waals surface area contributed by atoms with Crippen molar-refractivity contribution in [3.63, 3.8) is 0 Å². The number of halogens is 1. The number of thioether (sulfide) groups is 1. The van der Waals surface area contributed by atoms with Gasteiger partial charge in [-0.25, -0.2) is 4.98 Å². The average molecular weight is 558 g/mol. The average Bonchev–Trinajstić information content (AvgIpc) is 3.46. The van der Waals surface area contributed by atoms with Gasteiger partial charge >= 0.3 is 0 Å². The van der Waals surface area contributed by atoms with Crippen molar-refractivity contribution in [1.29, 1.82) is 0 Å². The van der Waals surface area contributed by atoms with E-state index in [1.165, 1.54) is 17.7 Å². The van der Waals surface area contributed by atoms with Gasteiger partial charge in [-0.05, 0) is 31.2 Å². The van der Waals surface area contributed by atoms with Crippen molar-refractivity contribution >= 4 is 41.7 Å². The topological polar surface area (TPSA) is 74.9 Å². The zero-order valence-corrected chi connectivity index (χ0v) is 21.4. The van der Waals surface area contributed by atoms with E-state index >= 15 is 0 Å². The molecule has 0 saturated carbocycles. The summed E-state index contributed by atoms with van der Waals surface area (Å²) in [6.07, 6.45) is 2.91. The molecular formula is C22H32IN5O2S. The molecule has 9 heteroatoms. The highest BCUT2D eigenvalue weighted by Gasteiger charge is 2.40. The van der Waals surface area contributed by atoms with Crippen LogP contribution >= 0.6 is 35.7 Å². The Bertz CT molecular complexity index is 846. The van der Waals surface area contributed by atoms with Crippen LogP contribution in [-0.4, -0.2) is 72.8 Å². The van der Waals surface area contributed by atoms with Crippen LogP contribution in [-0.2, 0) is 11.3 Å². The van der Waals surface area contributed by atoms with Crippen LogP contribution in [0.3, 0.4) is 0 Å². The monoisotopic (exact) mass is 557 g/mol. The van der Waals surface area contributed by atoms with Gasteiger partial charge in [-0.3, -0.25) is 9.89 Å². The highest BCUT2D eigenvalue weighted by Crippen LogP contribution is 2.33. The smallest absolute Gasteiger partial charge is 0.226 e. The fraction of sp³-hybridized carbons (Fsp3) is 0.545. The minimum atomic E-state index is 0. The Kier molecular flexibility index (Phi) is 9.06. The van der Waals surface area contributed by atoms with Crippen molar-refractivity contribution in [2.45, 2.75) is 25.4 Å². The van der Waals surface area contributed by atoms with Gasteiger partial charge in [0.2, 0.25) is 5.89 Å². The maximum absolute atomic E-state index is 5.66. The summed E-state index contributed by atoms with van der Waals surface area (Å²) >= 11 is 2.04. The van der Waals surface area contributed by atoms with E-state index in [9.17, 15) is 0 Å². The molecular weight excluding hydrogens is 525 g/mol. The van der Waals surface area contributed by atoms with E-state index in [1.54, 1.807) is 13.3 Å². The van der Waals surface area contributed by atoms with Crippen LogP contribution in [0.2, 0.25) is 0 Å². The van der Waals surface area contributed by atoms with Gasteiger partial charge in [0.25, 0.3) is 0 Å². The Labute approximate surface area is 205 Å². The SMILES string of the molecule is CN=C(NCc1coc(-c2ccc(C)cc2)n1)NCC1(N2CCOCC2)CCSC1.I. The summed E-state index contributed by atoms with van der Waals surface area (Å²) in [5.74, 6) is 3.80. The molecule has 0 bridgehead atoms. The third-order valence-electron chi connectivity index (χ3n) is 5.86. The van der Waals surface area contributed by atoms with E-state index in [4.69, 9.17) is 9.15 Å². The van der Waals surface area contributed by atoms with E-state index in [0.29, 0.717) is 12.4 Å². The number of morpholine rings is 1. The molecule has 3 heterocycles. The van der Waals surface area contributed by atoms with Crippen LogP contribution in [0.15, 0.2) is 39.9 Å². The van der Waals surface area contributed by atoms with Crippen molar-refractivity contribution in [3.8, 4) is 11.5 Å². The summed E-state index contributed by atoms with van der Waals surface area (Å²) in [5.41, 5.74) is 3.24. The summed E-state index contributed by atoms with van der Waals surface area (Å²) in [7, 11) is 1.81. The molecule has 31 heavy (non-hydrogen) atoms. The number of benzene rings is 1. The second-order valence-electron chi connectivity index (χ2n) is 7.92. The second kappa shape index (κ2) is 11.5. The maximum atomic E-state index is 5.66. The number of nitrogens with one attached hydrogen (secondary N) is 2. The molecule has 1 aromatic carbocycles. The summed E-state index contributed by atoms with van der Waals surface area (Å²) in [4.78, 5) is 11.6. The number of rotatable bonds is 6. The predicted molar refractivity (Wildman–Crippen MR) is 137 cm³/mol. The first-order valence-electron chi connectivity index (χ1n) is 10.5. The summed E-state index contributed by atoms with van der Waals surface area (Å²) in [6, 6.07) is 8.19. The molecule has 1 unspecified atom stereocenters. The fourth-order valence-electron chi connectivity index (χ4n) is 3.99. The molecule has 0 aliphatic carbocycles. The van der Waals surface area contributed by atoms with Crippen molar-refractivity contribution in [2.24, 2.45) is 4.99 Å². The Morgan fingerprint density at radius 1 is 1.23 bits per heavy atom. The Morgan fingerprint density at radius 2 is 2.00 bits per heavy atom.